The van der Waals surface area contributed by atoms with E-state index >= 15 is 0 Å². The van der Waals surface area contributed by atoms with Crippen LogP contribution in [0.25, 0.3) is 0 Å². The number of carbonyl (C=O) groups excluding carboxylic acids is 1. The van der Waals surface area contributed by atoms with Crippen molar-refractivity contribution in [1.29, 1.82) is 0 Å². The van der Waals surface area contributed by atoms with Crippen molar-refractivity contribution in [2.45, 2.75) is 43.2 Å². The summed E-state index contributed by atoms with van der Waals surface area (Å²) in [4.78, 5) is 15.0. The minimum atomic E-state index is -0.226. The fourth-order valence-electron chi connectivity index (χ4n) is 4.05. The van der Waals surface area contributed by atoms with Crippen LogP contribution in [0, 0.1) is 5.92 Å². The fraction of sp³-hybridized carbons (Fsp3) is 0.400. The van der Waals surface area contributed by atoms with E-state index in [1.807, 2.05) is 41.6 Å². The van der Waals surface area contributed by atoms with E-state index < -0.39 is 0 Å². The van der Waals surface area contributed by atoms with E-state index in [1.54, 1.807) is 6.07 Å². The molecule has 1 amide bonds. The Morgan fingerprint density at radius 2 is 1.82 bits per heavy atom. The Kier molecular flexibility index (Phi) is 7.93. The smallest absolute Gasteiger partial charge is 0.235 e. The van der Waals surface area contributed by atoms with Crippen LogP contribution in [0.4, 0.5) is 0 Å². The summed E-state index contributed by atoms with van der Waals surface area (Å²) in [5.41, 5.74) is 1.38. The third kappa shape index (κ3) is 6.09. The summed E-state index contributed by atoms with van der Waals surface area (Å²) in [5, 5.41) is 9.54. The van der Waals surface area contributed by atoms with Crippen molar-refractivity contribution in [2.75, 3.05) is 13.1 Å². The zero-order valence-electron chi connectivity index (χ0n) is 19.0. The minimum absolute atomic E-state index is 0.162. The largest absolute Gasteiger partial charge is 0.484 e. The topological polar surface area (TPSA) is 60.3 Å². The highest BCUT2D eigenvalue weighted by atomic mass is 35.5. The van der Waals surface area contributed by atoms with E-state index in [-0.39, 0.29) is 17.8 Å². The summed E-state index contributed by atoms with van der Waals surface area (Å²) in [6.45, 7) is 3.83. The Bertz CT molecular complexity index is 1070. The fourth-order valence-corrected chi connectivity index (χ4v) is 5.16. The molecule has 0 aliphatic carbocycles. The number of ether oxygens (including phenoxy) is 1. The first-order chi connectivity index (χ1) is 16.0. The Morgan fingerprint density at radius 1 is 1.12 bits per heavy atom. The Hall–Kier alpha value is -2.51. The first-order valence-electron chi connectivity index (χ1n) is 11.3. The molecule has 1 fully saturated rings. The van der Waals surface area contributed by atoms with Gasteiger partial charge in [-0.05, 0) is 49.8 Å². The molecule has 33 heavy (non-hydrogen) atoms. The highest BCUT2D eigenvalue weighted by molar-refractivity contribution is 8.00. The van der Waals surface area contributed by atoms with Gasteiger partial charge in [0.1, 0.15) is 12.4 Å². The lowest BCUT2D eigenvalue weighted by molar-refractivity contribution is -0.131. The molecule has 1 atom stereocenters. The number of halogens is 1. The first-order valence-corrected chi connectivity index (χ1v) is 12.5. The second kappa shape index (κ2) is 11.1. The molecule has 2 heterocycles. The van der Waals surface area contributed by atoms with Crippen molar-refractivity contribution in [3.8, 4) is 5.75 Å². The number of aromatic nitrogens is 3. The summed E-state index contributed by atoms with van der Waals surface area (Å²) in [6, 6.07) is 17.9. The van der Waals surface area contributed by atoms with Gasteiger partial charge < -0.3 is 14.2 Å². The molecule has 8 heteroatoms. The second-order valence-corrected chi connectivity index (χ2v) is 10.1. The standard InChI is InChI=1S/C25H29ClN4O2S/c1-18(24(31)30-14-12-20(13-15-30)16-19-8-4-3-5-9-19)33-25-28-27-23(29(25)2)17-32-22-11-7-6-10-21(22)26/h3-11,18,20H,12-17H2,1-2H3. The predicted molar refractivity (Wildman–Crippen MR) is 132 cm³/mol. The first kappa shape index (κ1) is 23.6. The Balaban J connectivity index is 1.27. The van der Waals surface area contributed by atoms with Gasteiger partial charge in [-0.3, -0.25) is 4.79 Å². The van der Waals surface area contributed by atoms with Gasteiger partial charge in [0.25, 0.3) is 0 Å². The van der Waals surface area contributed by atoms with Crippen LogP contribution in [0.5, 0.6) is 5.75 Å². The van der Waals surface area contributed by atoms with E-state index in [4.69, 9.17) is 16.3 Å². The van der Waals surface area contributed by atoms with Crippen LogP contribution in [-0.4, -0.2) is 43.9 Å². The normalized spacial score (nSPS) is 15.4. The molecule has 1 aliphatic rings. The van der Waals surface area contributed by atoms with E-state index in [2.05, 4.69) is 40.5 Å². The molecule has 0 spiro atoms. The molecule has 0 N–H and O–H groups in total. The zero-order valence-corrected chi connectivity index (χ0v) is 20.6. The van der Waals surface area contributed by atoms with Gasteiger partial charge in [0.05, 0.1) is 10.3 Å². The summed E-state index contributed by atoms with van der Waals surface area (Å²) in [7, 11) is 1.89. The van der Waals surface area contributed by atoms with Crippen molar-refractivity contribution >= 4 is 29.3 Å². The zero-order chi connectivity index (χ0) is 23.2. The van der Waals surface area contributed by atoms with E-state index in [0.717, 1.165) is 32.4 Å². The molecule has 1 unspecified atom stereocenters. The van der Waals surface area contributed by atoms with Crippen LogP contribution in [0.15, 0.2) is 59.8 Å². The van der Waals surface area contributed by atoms with Crippen LogP contribution in [0.3, 0.4) is 0 Å². The highest BCUT2D eigenvalue weighted by Gasteiger charge is 2.28. The maximum atomic E-state index is 13.0. The number of hydrogen-bond acceptors (Lipinski definition) is 5. The van der Waals surface area contributed by atoms with Gasteiger partial charge >= 0.3 is 0 Å². The molecular weight excluding hydrogens is 456 g/mol. The van der Waals surface area contributed by atoms with Crippen molar-refractivity contribution in [2.24, 2.45) is 13.0 Å². The summed E-state index contributed by atoms with van der Waals surface area (Å²) < 4.78 is 7.65. The van der Waals surface area contributed by atoms with Gasteiger partial charge in [-0.1, -0.05) is 65.8 Å². The molecule has 3 aromatic rings. The molecule has 0 bridgehead atoms. The van der Waals surface area contributed by atoms with Gasteiger partial charge in [0.2, 0.25) is 5.91 Å². The van der Waals surface area contributed by atoms with E-state index in [9.17, 15) is 4.79 Å². The molecule has 0 radical (unpaired) electrons. The molecule has 174 valence electrons. The molecule has 6 nitrogen and oxygen atoms in total. The average molecular weight is 485 g/mol. The van der Waals surface area contributed by atoms with Gasteiger partial charge in [-0.2, -0.15) is 0 Å². The average Bonchev–Trinajstić information content (AvgIpc) is 3.18. The molecule has 2 aromatic carbocycles. The van der Waals surface area contributed by atoms with Crippen LogP contribution >= 0.6 is 23.4 Å². The molecule has 1 aliphatic heterocycles. The molecular formula is C25H29ClN4O2S. The monoisotopic (exact) mass is 484 g/mol. The number of piperidine rings is 1. The maximum Gasteiger partial charge on any atom is 0.235 e. The highest BCUT2D eigenvalue weighted by Crippen LogP contribution is 2.28. The lowest BCUT2D eigenvalue weighted by Gasteiger charge is -2.33. The number of hydrogen-bond donors (Lipinski definition) is 0. The van der Waals surface area contributed by atoms with Crippen molar-refractivity contribution < 1.29 is 9.53 Å². The number of amides is 1. The van der Waals surface area contributed by atoms with Crippen molar-refractivity contribution in [3.05, 3.63) is 71.0 Å². The van der Waals surface area contributed by atoms with Crippen molar-refractivity contribution in [1.82, 2.24) is 19.7 Å². The molecule has 0 saturated carbocycles. The third-order valence-corrected chi connectivity index (χ3v) is 7.48. The second-order valence-electron chi connectivity index (χ2n) is 8.40. The van der Waals surface area contributed by atoms with Crippen LogP contribution in [0.2, 0.25) is 5.02 Å². The SMILES string of the molecule is CC(Sc1nnc(COc2ccccc2Cl)n1C)C(=O)N1CCC(Cc2ccccc2)CC1. The Labute approximate surface area is 204 Å². The minimum Gasteiger partial charge on any atom is -0.484 e. The third-order valence-electron chi connectivity index (χ3n) is 6.04. The van der Waals surface area contributed by atoms with Crippen LogP contribution in [0.1, 0.15) is 31.2 Å². The van der Waals surface area contributed by atoms with Gasteiger partial charge in [0.15, 0.2) is 11.0 Å². The lowest BCUT2D eigenvalue weighted by Crippen LogP contribution is -2.42. The summed E-state index contributed by atoms with van der Waals surface area (Å²) >= 11 is 7.59. The number of thioether (sulfide) groups is 1. The molecule has 4 rings (SSSR count). The number of rotatable bonds is 8. The predicted octanol–water partition coefficient (Wildman–Crippen LogP) is 5.01. The maximum absolute atomic E-state index is 13.0. The number of para-hydroxylation sites is 1. The number of likely N-dealkylation sites (tertiary alicyclic amines) is 1. The van der Waals surface area contributed by atoms with Gasteiger partial charge in [0, 0.05) is 20.1 Å². The number of nitrogens with zero attached hydrogens (tertiary/aromatic N) is 4. The summed E-state index contributed by atoms with van der Waals surface area (Å²) in [5.74, 6) is 2.09. The van der Waals surface area contributed by atoms with E-state index in [1.165, 1.54) is 17.3 Å². The van der Waals surface area contributed by atoms with E-state index in [0.29, 0.717) is 27.7 Å². The number of carbonyl (C=O) groups is 1. The molecule has 1 saturated heterocycles. The summed E-state index contributed by atoms with van der Waals surface area (Å²) in [6.07, 6.45) is 3.18. The van der Waals surface area contributed by atoms with Gasteiger partial charge in [-0.25, -0.2) is 0 Å². The van der Waals surface area contributed by atoms with Gasteiger partial charge in [-0.15, -0.1) is 10.2 Å². The Morgan fingerprint density at radius 3 is 2.55 bits per heavy atom. The van der Waals surface area contributed by atoms with Crippen LogP contribution < -0.4 is 4.74 Å². The quantitative estimate of drug-likeness (QED) is 0.420. The van der Waals surface area contributed by atoms with Crippen LogP contribution in [-0.2, 0) is 24.9 Å². The van der Waals surface area contributed by atoms with Crippen molar-refractivity contribution in [3.63, 3.8) is 0 Å². The lowest BCUT2D eigenvalue weighted by atomic mass is 9.90. The molecule has 1 aromatic heterocycles. The number of benzene rings is 2.